The van der Waals surface area contributed by atoms with Crippen LogP contribution in [0, 0.1) is 0 Å². The Morgan fingerprint density at radius 1 is 1.16 bits per heavy atom. The number of unbranched alkanes of at least 4 members (excludes halogenated alkanes) is 1. The fourth-order valence-electron chi connectivity index (χ4n) is 1.58. The van der Waals surface area contributed by atoms with Crippen molar-refractivity contribution in [2.75, 3.05) is 39.2 Å². The van der Waals surface area contributed by atoms with Crippen LogP contribution in [-0.4, -0.2) is 39.8 Å². The summed E-state index contributed by atoms with van der Waals surface area (Å²) in [6.07, 6.45) is 2.01. The summed E-state index contributed by atoms with van der Waals surface area (Å²) in [5.74, 6) is 0.728. The zero-order valence-electron chi connectivity index (χ0n) is 11.6. The van der Waals surface area contributed by atoms with Crippen LogP contribution in [0.4, 0.5) is 5.69 Å². The van der Waals surface area contributed by atoms with Gasteiger partial charge in [-0.05, 0) is 43.7 Å². The number of ether oxygens (including phenoxy) is 2. The molecular weight excluding hydrogens is 244 g/mol. The summed E-state index contributed by atoms with van der Waals surface area (Å²) < 4.78 is 10.0. The fraction of sp³-hybridized carbons (Fsp3) is 0.500. The van der Waals surface area contributed by atoms with Crippen LogP contribution in [0.5, 0.6) is 5.75 Å². The lowest BCUT2D eigenvalue weighted by atomic mass is 10.3. The number of carbonyl (C=O) groups is 1. The molecule has 0 spiro atoms. The molecule has 0 fully saturated rings. The minimum atomic E-state index is -0.0445. The van der Waals surface area contributed by atoms with Gasteiger partial charge in [-0.2, -0.15) is 0 Å². The van der Waals surface area contributed by atoms with E-state index in [9.17, 15) is 4.79 Å². The Balaban J connectivity index is 2.16. The predicted molar refractivity (Wildman–Crippen MR) is 75.6 cm³/mol. The minimum absolute atomic E-state index is 0.0445. The molecule has 2 N–H and O–H groups in total. The number of rotatable bonds is 9. The van der Waals surface area contributed by atoms with Crippen molar-refractivity contribution in [3.63, 3.8) is 0 Å². The van der Waals surface area contributed by atoms with E-state index < -0.39 is 0 Å². The quantitative estimate of drug-likeness (QED) is 0.667. The summed E-state index contributed by atoms with van der Waals surface area (Å²) in [5, 5.41) is 5.91. The second-order valence-corrected chi connectivity index (χ2v) is 4.15. The van der Waals surface area contributed by atoms with E-state index in [0.717, 1.165) is 37.4 Å². The molecule has 0 unspecified atom stereocenters. The molecule has 0 saturated heterocycles. The second kappa shape index (κ2) is 9.35. The Morgan fingerprint density at radius 3 is 2.53 bits per heavy atom. The molecule has 1 amide bonds. The largest absolute Gasteiger partial charge is 0.497 e. The third-order valence-corrected chi connectivity index (χ3v) is 2.61. The van der Waals surface area contributed by atoms with E-state index in [2.05, 4.69) is 10.6 Å². The zero-order valence-corrected chi connectivity index (χ0v) is 11.6. The molecule has 0 aliphatic rings. The Kier molecular flexibility index (Phi) is 7.62. The number of hydrogen-bond donors (Lipinski definition) is 2. The van der Waals surface area contributed by atoms with Crippen molar-refractivity contribution in [1.82, 2.24) is 5.32 Å². The van der Waals surface area contributed by atoms with Crippen LogP contribution in [0.2, 0.25) is 0 Å². The van der Waals surface area contributed by atoms with Crippen LogP contribution in [0.25, 0.3) is 0 Å². The normalized spacial score (nSPS) is 10.2. The Bertz CT molecular complexity index is 365. The molecule has 0 heterocycles. The van der Waals surface area contributed by atoms with Gasteiger partial charge in [-0.1, -0.05) is 0 Å². The standard InChI is InChI=1S/C14H22N2O3/c1-18-10-4-3-9-15-11-14(17)16-12-5-7-13(19-2)8-6-12/h5-8,15H,3-4,9-11H2,1-2H3,(H,16,17). The lowest BCUT2D eigenvalue weighted by Gasteiger charge is -2.07. The molecule has 0 aromatic heterocycles. The van der Waals surface area contributed by atoms with Gasteiger partial charge in [-0.25, -0.2) is 0 Å². The highest BCUT2D eigenvalue weighted by Gasteiger charge is 2.01. The van der Waals surface area contributed by atoms with Crippen LogP contribution in [0.3, 0.4) is 0 Å². The fourth-order valence-corrected chi connectivity index (χ4v) is 1.58. The molecule has 19 heavy (non-hydrogen) atoms. The topological polar surface area (TPSA) is 59.6 Å². The van der Waals surface area contributed by atoms with Gasteiger partial charge in [0.15, 0.2) is 0 Å². The summed E-state index contributed by atoms with van der Waals surface area (Å²) in [7, 11) is 3.30. The SMILES string of the molecule is COCCCCNCC(=O)Nc1ccc(OC)cc1. The lowest BCUT2D eigenvalue weighted by molar-refractivity contribution is -0.115. The third-order valence-electron chi connectivity index (χ3n) is 2.61. The van der Waals surface area contributed by atoms with Crippen LogP contribution in [0.15, 0.2) is 24.3 Å². The average molecular weight is 266 g/mol. The van der Waals surface area contributed by atoms with Crippen molar-refractivity contribution in [3.8, 4) is 5.75 Å². The molecule has 0 aliphatic heterocycles. The van der Waals surface area contributed by atoms with Gasteiger partial charge < -0.3 is 20.1 Å². The molecule has 1 aromatic carbocycles. The average Bonchev–Trinajstić information content (AvgIpc) is 2.43. The van der Waals surface area contributed by atoms with Crippen LogP contribution >= 0.6 is 0 Å². The molecule has 5 nitrogen and oxygen atoms in total. The molecule has 1 aromatic rings. The van der Waals surface area contributed by atoms with Gasteiger partial charge >= 0.3 is 0 Å². The van der Waals surface area contributed by atoms with Gasteiger partial charge in [0, 0.05) is 19.4 Å². The first-order chi connectivity index (χ1) is 9.26. The number of benzene rings is 1. The van der Waals surface area contributed by atoms with Crippen molar-refractivity contribution in [2.45, 2.75) is 12.8 Å². The maximum absolute atomic E-state index is 11.6. The van der Waals surface area contributed by atoms with Crippen LogP contribution < -0.4 is 15.4 Å². The molecule has 0 atom stereocenters. The van der Waals surface area contributed by atoms with Crippen molar-refractivity contribution >= 4 is 11.6 Å². The number of hydrogen-bond acceptors (Lipinski definition) is 4. The molecule has 0 radical (unpaired) electrons. The first kappa shape index (κ1) is 15.5. The summed E-state index contributed by atoms with van der Waals surface area (Å²) in [6.45, 7) is 1.90. The van der Waals surface area contributed by atoms with E-state index in [1.54, 1.807) is 14.2 Å². The first-order valence-corrected chi connectivity index (χ1v) is 6.40. The maximum atomic E-state index is 11.6. The van der Waals surface area contributed by atoms with Crippen LogP contribution in [-0.2, 0) is 9.53 Å². The smallest absolute Gasteiger partial charge is 0.238 e. The maximum Gasteiger partial charge on any atom is 0.238 e. The van der Waals surface area contributed by atoms with Gasteiger partial charge in [0.25, 0.3) is 0 Å². The Labute approximate surface area is 114 Å². The monoisotopic (exact) mass is 266 g/mol. The number of methoxy groups -OCH3 is 2. The molecule has 0 bridgehead atoms. The van der Waals surface area contributed by atoms with Gasteiger partial charge in [-0.15, -0.1) is 0 Å². The Hall–Kier alpha value is -1.59. The van der Waals surface area contributed by atoms with Crippen molar-refractivity contribution < 1.29 is 14.3 Å². The van der Waals surface area contributed by atoms with E-state index in [0.29, 0.717) is 6.54 Å². The highest BCUT2D eigenvalue weighted by Crippen LogP contribution is 2.14. The van der Waals surface area contributed by atoms with Gasteiger partial charge in [0.1, 0.15) is 5.75 Å². The molecule has 0 aliphatic carbocycles. The van der Waals surface area contributed by atoms with Gasteiger partial charge in [0.2, 0.25) is 5.91 Å². The molecular formula is C14H22N2O3. The zero-order chi connectivity index (χ0) is 13.9. The number of nitrogens with one attached hydrogen (secondary N) is 2. The first-order valence-electron chi connectivity index (χ1n) is 6.40. The van der Waals surface area contributed by atoms with Crippen molar-refractivity contribution in [2.24, 2.45) is 0 Å². The molecule has 106 valence electrons. The summed E-state index contributed by atoms with van der Waals surface area (Å²) >= 11 is 0. The number of anilines is 1. The van der Waals surface area contributed by atoms with Gasteiger partial charge in [0.05, 0.1) is 13.7 Å². The summed E-state index contributed by atoms with van der Waals surface area (Å²) in [4.78, 5) is 11.6. The molecule has 5 heteroatoms. The lowest BCUT2D eigenvalue weighted by Crippen LogP contribution is -2.28. The highest BCUT2D eigenvalue weighted by atomic mass is 16.5. The summed E-state index contributed by atoms with van der Waals surface area (Å²) in [5.41, 5.74) is 0.770. The number of carbonyl (C=O) groups excluding carboxylic acids is 1. The summed E-state index contributed by atoms with van der Waals surface area (Å²) in [6, 6.07) is 7.26. The van der Waals surface area contributed by atoms with Gasteiger partial charge in [-0.3, -0.25) is 4.79 Å². The second-order valence-electron chi connectivity index (χ2n) is 4.15. The van der Waals surface area contributed by atoms with E-state index in [-0.39, 0.29) is 5.91 Å². The molecule has 1 rings (SSSR count). The predicted octanol–water partition coefficient (Wildman–Crippen LogP) is 1.65. The Morgan fingerprint density at radius 2 is 1.89 bits per heavy atom. The molecule has 0 saturated carbocycles. The van der Waals surface area contributed by atoms with E-state index in [4.69, 9.17) is 9.47 Å². The van der Waals surface area contributed by atoms with Crippen LogP contribution in [0.1, 0.15) is 12.8 Å². The van der Waals surface area contributed by atoms with Crippen molar-refractivity contribution in [1.29, 1.82) is 0 Å². The highest BCUT2D eigenvalue weighted by molar-refractivity contribution is 5.92. The van der Waals surface area contributed by atoms with E-state index in [1.807, 2.05) is 24.3 Å². The third kappa shape index (κ3) is 6.79. The number of amides is 1. The van der Waals surface area contributed by atoms with Crippen molar-refractivity contribution in [3.05, 3.63) is 24.3 Å². The minimum Gasteiger partial charge on any atom is -0.497 e. The van der Waals surface area contributed by atoms with E-state index in [1.165, 1.54) is 0 Å². The van der Waals surface area contributed by atoms with E-state index >= 15 is 0 Å².